The van der Waals surface area contributed by atoms with E-state index in [2.05, 4.69) is 4.98 Å². The van der Waals surface area contributed by atoms with Gasteiger partial charge < -0.3 is 9.72 Å². The van der Waals surface area contributed by atoms with E-state index in [1.54, 1.807) is 6.92 Å². The summed E-state index contributed by atoms with van der Waals surface area (Å²) in [5.74, 6) is -0.926. The molecule has 0 aliphatic carbocycles. The summed E-state index contributed by atoms with van der Waals surface area (Å²) in [7, 11) is 0. The number of carbonyl (C=O) groups is 1. The smallest absolute Gasteiger partial charge is 0.362 e. The number of non-ortho nitro benzene ring substituents is 1. The van der Waals surface area contributed by atoms with Crippen LogP contribution in [0.25, 0.3) is 10.9 Å². The molecule has 2 rings (SSSR count). The van der Waals surface area contributed by atoms with Gasteiger partial charge in [0.2, 0.25) is 5.69 Å². The van der Waals surface area contributed by atoms with Crippen LogP contribution in [-0.2, 0) is 4.74 Å². The predicted octanol–water partition coefficient (Wildman–Crippen LogP) is 2.16. The minimum atomic E-state index is -0.926. The van der Waals surface area contributed by atoms with E-state index < -0.39 is 32.9 Å². The lowest BCUT2D eigenvalue weighted by atomic mass is 10.2. The molecule has 0 unspecified atom stereocenters. The molecule has 0 saturated carbocycles. The third-order valence-corrected chi connectivity index (χ3v) is 2.63. The maximum atomic E-state index is 11.7. The standard InChI is InChI=1S/C11H9N3O6/c1-2-20-11(15)9-10(14(18)19)8-6(12-9)4-3-5-7(8)13(16)17/h3-5,12H,2H2,1H3. The van der Waals surface area contributed by atoms with Gasteiger partial charge in [0.1, 0.15) is 0 Å². The number of nitro groups is 2. The van der Waals surface area contributed by atoms with Gasteiger partial charge in [-0.3, -0.25) is 20.2 Å². The lowest BCUT2D eigenvalue weighted by molar-refractivity contribution is -0.390. The summed E-state index contributed by atoms with van der Waals surface area (Å²) >= 11 is 0. The average Bonchev–Trinajstić information content (AvgIpc) is 2.77. The Balaban J connectivity index is 2.81. The fourth-order valence-corrected chi connectivity index (χ4v) is 1.90. The van der Waals surface area contributed by atoms with Crippen LogP contribution in [0.3, 0.4) is 0 Å². The number of hydrogen-bond acceptors (Lipinski definition) is 6. The molecule has 0 saturated heterocycles. The van der Waals surface area contributed by atoms with Crippen molar-refractivity contribution in [1.29, 1.82) is 0 Å². The summed E-state index contributed by atoms with van der Waals surface area (Å²) in [6.45, 7) is 1.59. The van der Waals surface area contributed by atoms with Gasteiger partial charge in [-0.1, -0.05) is 6.07 Å². The van der Waals surface area contributed by atoms with Crippen LogP contribution in [-0.4, -0.2) is 27.4 Å². The van der Waals surface area contributed by atoms with Gasteiger partial charge in [-0.15, -0.1) is 0 Å². The second-order valence-corrected chi connectivity index (χ2v) is 3.78. The molecule has 9 nitrogen and oxygen atoms in total. The number of aromatic nitrogens is 1. The third kappa shape index (κ3) is 2.05. The molecule has 1 N–H and O–H groups in total. The van der Waals surface area contributed by atoms with E-state index in [-0.39, 0.29) is 17.5 Å². The van der Waals surface area contributed by atoms with Gasteiger partial charge in [0.05, 0.1) is 22.0 Å². The first-order chi connectivity index (χ1) is 9.47. The lowest BCUT2D eigenvalue weighted by Gasteiger charge is -1.98. The number of rotatable bonds is 4. The zero-order chi connectivity index (χ0) is 14.9. The number of nitrogens with one attached hydrogen (secondary N) is 1. The largest absolute Gasteiger partial charge is 0.461 e. The molecular formula is C11H9N3O6. The van der Waals surface area contributed by atoms with Crippen molar-refractivity contribution in [1.82, 2.24) is 4.98 Å². The summed E-state index contributed by atoms with van der Waals surface area (Å²) in [5.41, 5.74) is -1.36. The van der Waals surface area contributed by atoms with Crippen LogP contribution < -0.4 is 0 Å². The van der Waals surface area contributed by atoms with Crippen LogP contribution in [0, 0.1) is 20.2 Å². The van der Waals surface area contributed by atoms with Gasteiger partial charge in [0, 0.05) is 6.07 Å². The SMILES string of the molecule is CCOC(=O)c1[nH]c2cccc([N+](=O)[O-])c2c1[N+](=O)[O-]. The van der Waals surface area contributed by atoms with Crippen molar-refractivity contribution in [2.45, 2.75) is 6.92 Å². The highest BCUT2D eigenvalue weighted by Gasteiger charge is 2.32. The normalized spacial score (nSPS) is 10.4. The second-order valence-electron chi connectivity index (χ2n) is 3.78. The van der Waals surface area contributed by atoms with Crippen LogP contribution in [0.4, 0.5) is 11.4 Å². The monoisotopic (exact) mass is 279 g/mol. The number of aromatic amines is 1. The fourth-order valence-electron chi connectivity index (χ4n) is 1.90. The summed E-state index contributed by atoms with van der Waals surface area (Å²) in [4.78, 5) is 34.7. The number of nitro benzene ring substituents is 1. The molecule has 0 aliphatic heterocycles. The van der Waals surface area contributed by atoms with E-state index in [4.69, 9.17) is 4.74 Å². The number of esters is 1. The molecule has 20 heavy (non-hydrogen) atoms. The van der Waals surface area contributed by atoms with E-state index in [1.807, 2.05) is 0 Å². The molecule has 2 aromatic rings. The Labute approximate surface area is 111 Å². The summed E-state index contributed by atoms with van der Waals surface area (Å²) in [6, 6.07) is 3.92. The Bertz CT molecular complexity index is 720. The number of carbonyl (C=O) groups excluding carboxylic acids is 1. The highest BCUT2D eigenvalue weighted by atomic mass is 16.6. The van der Waals surface area contributed by atoms with E-state index in [9.17, 15) is 25.0 Å². The second kappa shape index (κ2) is 4.96. The van der Waals surface area contributed by atoms with Gasteiger partial charge in [0.15, 0.2) is 5.39 Å². The Hall–Kier alpha value is -2.97. The van der Waals surface area contributed by atoms with E-state index in [0.29, 0.717) is 0 Å². The predicted molar refractivity (Wildman–Crippen MR) is 67.6 cm³/mol. The molecule has 104 valence electrons. The number of hydrogen-bond donors (Lipinski definition) is 1. The van der Waals surface area contributed by atoms with E-state index in [1.165, 1.54) is 12.1 Å². The number of benzene rings is 1. The van der Waals surface area contributed by atoms with E-state index >= 15 is 0 Å². The van der Waals surface area contributed by atoms with Gasteiger partial charge in [-0.05, 0) is 13.0 Å². The van der Waals surface area contributed by atoms with Crippen molar-refractivity contribution >= 4 is 28.2 Å². The first kappa shape index (κ1) is 13.5. The third-order valence-electron chi connectivity index (χ3n) is 2.63. The molecular weight excluding hydrogens is 270 g/mol. The number of H-pyrrole nitrogens is 1. The van der Waals surface area contributed by atoms with Crippen molar-refractivity contribution in [2.75, 3.05) is 6.61 Å². The van der Waals surface area contributed by atoms with E-state index in [0.717, 1.165) is 6.07 Å². The highest BCUT2D eigenvalue weighted by Crippen LogP contribution is 2.36. The topological polar surface area (TPSA) is 128 Å². The molecule has 1 aromatic carbocycles. The molecule has 1 aromatic heterocycles. The Morgan fingerprint density at radius 3 is 2.55 bits per heavy atom. The van der Waals surface area contributed by atoms with Crippen LogP contribution in [0.5, 0.6) is 0 Å². The molecule has 0 amide bonds. The van der Waals surface area contributed by atoms with Crippen molar-refractivity contribution in [3.8, 4) is 0 Å². The molecule has 1 heterocycles. The molecule has 0 atom stereocenters. The van der Waals surface area contributed by atoms with Crippen molar-refractivity contribution in [3.63, 3.8) is 0 Å². The minimum absolute atomic E-state index is 0.0352. The molecule has 0 aliphatic rings. The van der Waals surface area contributed by atoms with Crippen LogP contribution >= 0.6 is 0 Å². The maximum absolute atomic E-state index is 11.7. The van der Waals surface area contributed by atoms with Gasteiger partial charge in [-0.25, -0.2) is 4.79 Å². The zero-order valence-electron chi connectivity index (χ0n) is 10.3. The fraction of sp³-hybridized carbons (Fsp3) is 0.182. The van der Waals surface area contributed by atoms with Crippen molar-refractivity contribution in [3.05, 3.63) is 44.1 Å². The summed E-state index contributed by atoms with van der Waals surface area (Å²) < 4.78 is 4.70. The molecule has 0 radical (unpaired) electrons. The first-order valence-electron chi connectivity index (χ1n) is 5.58. The minimum Gasteiger partial charge on any atom is -0.461 e. The first-order valence-corrected chi connectivity index (χ1v) is 5.58. The highest BCUT2D eigenvalue weighted by molar-refractivity contribution is 6.07. The molecule has 0 spiro atoms. The molecule has 9 heteroatoms. The number of nitrogens with zero attached hydrogens (tertiary/aromatic N) is 2. The average molecular weight is 279 g/mol. The quantitative estimate of drug-likeness (QED) is 0.518. The Kier molecular flexibility index (Phi) is 3.34. The molecule has 0 bridgehead atoms. The lowest BCUT2D eigenvalue weighted by Crippen LogP contribution is -2.07. The van der Waals surface area contributed by atoms with Gasteiger partial charge >= 0.3 is 11.7 Å². The maximum Gasteiger partial charge on any atom is 0.362 e. The van der Waals surface area contributed by atoms with Crippen LogP contribution in [0.2, 0.25) is 0 Å². The summed E-state index contributed by atoms with van der Waals surface area (Å²) in [6.07, 6.45) is 0. The number of ether oxygens (including phenoxy) is 1. The Morgan fingerprint density at radius 2 is 2.00 bits per heavy atom. The van der Waals surface area contributed by atoms with Crippen molar-refractivity contribution in [2.24, 2.45) is 0 Å². The number of fused-ring (bicyclic) bond motifs is 1. The molecule has 0 fully saturated rings. The van der Waals surface area contributed by atoms with Gasteiger partial charge in [0.25, 0.3) is 5.69 Å². The zero-order valence-corrected chi connectivity index (χ0v) is 10.3. The summed E-state index contributed by atoms with van der Waals surface area (Å²) in [5, 5.41) is 21.9. The van der Waals surface area contributed by atoms with Crippen LogP contribution in [0.15, 0.2) is 18.2 Å². The Morgan fingerprint density at radius 1 is 1.30 bits per heavy atom. The van der Waals surface area contributed by atoms with Crippen molar-refractivity contribution < 1.29 is 19.4 Å². The van der Waals surface area contributed by atoms with Crippen LogP contribution in [0.1, 0.15) is 17.4 Å². The van der Waals surface area contributed by atoms with Gasteiger partial charge in [-0.2, -0.15) is 0 Å².